The lowest BCUT2D eigenvalue weighted by Crippen LogP contribution is -2.32. The SMILES string of the molecule is NC(CSF)C(=O)O. The molecular weight excluding hydrogens is 133 g/mol. The second-order valence-corrected chi connectivity index (χ2v) is 1.77. The molecule has 3 nitrogen and oxygen atoms in total. The number of halogens is 1. The van der Waals surface area contributed by atoms with Gasteiger partial charge in [0, 0.05) is 12.1 Å². The van der Waals surface area contributed by atoms with Crippen LogP contribution in [0, 0.1) is 0 Å². The van der Waals surface area contributed by atoms with Crippen LogP contribution < -0.4 is 5.73 Å². The molecule has 0 aliphatic heterocycles. The summed E-state index contributed by atoms with van der Waals surface area (Å²) in [5, 5.41) is 8.01. The van der Waals surface area contributed by atoms with E-state index in [1.165, 1.54) is 0 Å². The Hall–Kier alpha value is -0.290. The maximum absolute atomic E-state index is 11.2. The van der Waals surface area contributed by atoms with Crippen molar-refractivity contribution in [2.75, 3.05) is 5.75 Å². The summed E-state index contributed by atoms with van der Waals surface area (Å²) in [5.74, 6) is -1.36. The zero-order chi connectivity index (χ0) is 6.57. The number of hydrogen-bond acceptors (Lipinski definition) is 3. The van der Waals surface area contributed by atoms with Crippen molar-refractivity contribution in [3.8, 4) is 0 Å². The predicted molar refractivity (Wildman–Crippen MR) is 29.2 cm³/mol. The standard InChI is InChI=1S/C3H6FNO2S/c4-8-1-2(5)3(6)7/h2H,1,5H2,(H,6,7). The van der Waals surface area contributed by atoms with E-state index in [2.05, 4.69) is 0 Å². The van der Waals surface area contributed by atoms with E-state index in [4.69, 9.17) is 10.8 Å². The van der Waals surface area contributed by atoms with Crippen molar-refractivity contribution >= 4 is 18.1 Å². The molecule has 1 atom stereocenters. The zero-order valence-electron chi connectivity index (χ0n) is 4.00. The van der Waals surface area contributed by atoms with Gasteiger partial charge in [0.25, 0.3) is 0 Å². The second kappa shape index (κ2) is 3.68. The number of hydrogen-bond donors (Lipinski definition) is 2. The van der Waals surface area contributed by atoms with Crippen LogP contribution in [0.25, 0.3) is 0 Å². The number of carbonyl (C=O) groups is 1. The van der Waals surface area contributed by atoms with E-state index >= 15 is 0 Å². The van der Waals surface area contributed by atoms with Gasteiger partial charge in [-0.25, -0.2) is 0 Å². The van der Waals surface area contributed by atoms with E-state index in [0.717, 1.165) is 0 Å². The molecule has 1 unspecified atom stereocenters. The van der Waals surface area contributed by atoms with Crippen LogP contribution in [0.5, 0.6) is 0 Å². The summed E-state index contributed by atoms with van der Waals surface area (Å²) in [7, 11) is 0. The van der Waals surface area contributed by atoms with Crippen molar-refractivity contribution in [1.29, 1.82) is 0 Å². The summed E-state index contributed by atoms with van der Waals surface area (Å²) >= 11 is -0.0678. The molecule has 0 heterocycles. The number of aliphatic carboxylic acids is 1. The molecule has 0 saturated carbocycles. The normalized spacial score (nSPS) is 13.2. The van der Waals surface area contributed by atoms with Crippen LogP contribution >= 0.6 is 12.1 Å². The summed E-state index contributed by atoms with van der Waals surface area (Å²) in [4.78, 5) is 9.78. The molecule has 0 aliphatic rings. The lowest BCUT2D eigenvalue weighted by Gasteiger charge is -1.98. The van der Waals surface area contributed by atoms with Gasteiger partial charge in [0.2, 0.25) is 0 Å². The van der Waals surface area contributed by atoms with Gasteiger partial charge in [-0.3, -0.25) is 4.79 Å². The Morgan fingerprint density at radius 3 is 2.62 bits per heavy atom. The van der Waals surface area contributed by atoms with Gasteiger partial charge in [-0.1, -0.05) is 0 Å². The fourth-order valence-corrected chi connectivity index (χ4v) is 0.417. The van der Waals surface area contributed by atoms with Crippen LogP contribution in [-0.2, 0) is 4.79 Å². The molecule has 0 amide bonds. The average Bonchev–Trinajstić information content (AvgIpc) is 1.67. The summed E-state index contributed by atoms with van der Waals surface area (Å²) in [6.45, 7) is 0. The third-order valence-corrected chi connectivity index (χ3v) is 1.04. The van der Waals surface area contributed by atoms with Gasteiger partial charge in [0.15, 0.2) is 0 Å². The Balaban J connectivity index is 3.32. The molecule has 0 aromatic rings. The monoisotopic (exact) mass is 139 g/mol. The first kappa shape index (κ1) is 7.71. The molecule has 0 rings (SSSR count). The first-order valence-corrected chi connectivity index (χ1v) is 2.79. The largest absolute Gasteiger partial charge is 0.480 e. The molecule has 0 spiro atoms. The van der Waals surface area contributed by atoms with Crippen LogP contribution in [0.4, 0.5) is 3.89 Å². The Labute approximate surface area is 50.3 Å². The van der Waals surface area contributed by atoms with Crippen molar-refractivity contribution in [2.24, 2.45) is 5.73 Å². The first-order valence-electron chi connectivity index (χ1n) is 1.90. The first-order chi connectivity index (χ1) is 3.68. The molecule has 0 aliphatic carbocycles. The smallest absolute Gasteiger partial charge is 0.321 e. The van der Waals surface area contributed by atoms with E-state index in [-0.39, 0.29) is 17.9 Å². The molecule has 0 radical (unpaired) electrons. The Morgan fingerprint density at radius 2 is 2.50 bits per heavy atom. The lowest BCUT2D eigenvalue weighted by molar-refractivity contribution is -0.137. The lowest BCUT2D eigenvalue weighted by atomic mass is 10.4. The van der Waals surface area contributed by atoms with E-state index in [1.54, 1.807) is 0 Å². The third-order valence-electron chi connectivity index (χ3n) is 0.560. The van der Waals surface area contributed by atoms with Crippen LogP contribution in [0.1, 0.15) is 0 Å². The Bertz CT molecular complexity index is 89.4. The Kier molecular flexibility index (Phi) is 3.55. The topological polar surface area (TPSA) is 63.3 Å². The molecule has 0 saturated heterocycles. The van der Waals surface area contributed by atoms with Gasteiger partial charge in [0.1, 0.15) is 6.04 Å². The summed E-state index contributed by atoms with van der Waals surface area (Å²) in [6.07, 6.45) is 0. The summed E-state index contributed by atoms with van der Waals surface area (Å²) in [6, 6.07) is -1.08. The fourth-order valence-electron chi connectivity index (χ4n) is 0.139. The van der Waals surface area contributed by atoms with Gasteiger partial charge < -0.3 is 10.8 Å². The summed E-state index contributed by atoms with van der Waals surface area (Å²) in [5.41, 5.74) is 4.87. The Morgan fingerprint density at radius 1 is 2.00 bits per heavy atom. The molecule has 0 aromatic heterocycles. The van der Waals surface area contributed by atoms with Crippen molar-refractivity contribution in [3.05, 3.63) is 0 Å². The molecule has 0 aromatic carbocycles. The van der Waals surface area contributed by atoms with E-state index in [0.29, 0.717) is 0 Å². The van der Waals surface area contributed by atoms with E-state index in [9.17, 15) is 8.68 Å². The fraction of sp³-hybridized carbons (Fsp3) is 0.667. The highest BCUT2D eigenvalue weighted by molar-refractivity contribution is 7.94. The number of carboxylic acid groups (broad SMARTS) is 1. The molecule has 48 valence electrons. The maximum Gasteiger partial charge on any atom is 0.321 e. The highest BCUT2D eigenvalue weighted by Gasteiger charge is 2.09. The van der Waals surface area contributed by atoms with E-state index in [1.807, 2.05) is 0 Å². The molecule has 0 fully saturated rings. The highest BCUT2D eigenvalue weighted by atomic mass is 32.2. The average molecular weight is 139 g/mol. The van der Waals surface area contributed by atoms with Crippen molar-refractivity contribution in [2.45, 2.75) is 6.04 Å². The van der Waals surface area contributed by atoms with Gasteiger partial charge in [-0.05, 0) is 0 Å². The number of nitrogens with two attached hydrogens (primary N) is 1. The number of rotatable bonds is 3. The molecule has 3 N–H and O–H groups in total. The van der Waals surface area contributed by atoms with Crippen molar-refractivity contribution < 1.29 is 13.8 Å². The highest BCUT2D eigenvalue weighted by Crippen LogP contribution is 2.00. The van der Waals surface area contributed by atoms with Crippen molar-refractivity contribution in [3.63, 3.8) is 0 Å². The van der Waals surface area contributed by atoms with Gasteiger partial charge in [-0.15, -0.1) is 0 Å². The molecule has 5 heteroatoms. The van der Waals surface area contributed by atoms with Crippen LogP contribution in [0.2, 0.25) is 0 Å². The molecular formula is C3H6FNO2S. The maximum atomic E-state index is 11.2. The minimum atomic E-state index is -1.17. The third kappa shape index (κ3) is 2.81. The van der Waals surface area contributed by atoms with Crippen LogP contribution in [-0.4, -0.2) is 22.9 Å². The summed E-state index contributed by atoms with van der Waals surface area (Å²) < 4.78 is 11.2. The van der Waals surface area contributed by atoms with Crippen LogP contribution in [0.3, 0.4) is 0 Å². The van der Waals surface area contributed by atoms with Crippen LogP contribution in [0.15, 0.2) is 0 Å². The second-order valence-electron chi connectivity index (χ2n) is 1.22. The minimum Gasteiger partial charge on any atom is -0.480 e. The molecule has 8 heavy (non-hydrogen) atoms. The van der Waals surface area contributed by atoms with Gasteiger partial charge >= 0.3 is 5.97 Å². The zero-order valence-corrected chi connectivity index (χ0v) is 4.82. The molecule has 0 bridgehead atoms. The van der Waals surface area contributed by atoms with Crippen molar-refractivity contribution in [1.82, 2.24) is 0 Å². The number of carboxylic acids is 1. The van der Waals surface area contributed by atoms with Gasteiger partial charge in [-0.2, -0.15) is 3.89 Å². The minimum absolute atomic E-state index is 0.0678. The van der Waals surface area contributed by atoms with Gasteiger partial charge in [0.05, 0.1) is 5.75 Å². The van der Waals surface area contributed by atoms with E-state index < -0.39 is 12.0 Å². The predicted octanol–water partition coefficient (Wildman–Crippen LogP) is 0.0160. The quantitative estimate of drug-likeness (QED) is 0.578.